The van der Waals surface area contributed by atoms with Gasteiger partial charge in [0.1, 0.15) is 0 Å². The molecule has 0 atom stereocenters. The van der Waals surface area contributed by atoms with Gasteiger partial charge in [0.25, 0.3) is 0 Å². The molecule has 0 aliphatic rings. The van der Waals surface area contributed by atoms with Crippen LogP contribution in [-0.2, 0) is 12.8 Å². The Labute approximate surface area is 127 Å². The highest BCUT2D eigenvalue weighted by molar-refractivity contribution is 6.03. The van der Waals surface area contributed by atoms with Crippen LogP contribution < -0.4 is 10.6 Å². The predicted octanol–water partition coefficient (Wildman–Crippen LogP) is 2.32. The maximum atomic E-state index is 9.13. The van der Waals surface area contributed by atoms with Crippen molar-refractivity contribution in [2.75, 3.05) is 18.0 Å². The van der Waals surface area contributed by atoms with E-state index in [0.717, 1.165) is 61.4 Å². The molecule has 118 valence electrons. The van der Waals surface area contributed by atoms with E-state index in [0.29, 0.717) is 0 Å². The van der Waals surface area contributed by atoms with Gasteiger partial charge in [-0.05, 0) is 31.2 Å². The van der Waals surface area contributed by atoms with E-state index in [1.807, 2.05) is 6.92 Å². The normalized spacial score (nSPS) is 11.7. The highest BCUT2D eigenvalue weighted by Gasteiger charge is 2.21. The minimum atomic E-state index is 0.114. The summed E-state index contributed by atoms with van der Waals surface area (Å²) in [6.45, 7) is 10.1. The van der Waals surface area contributed by atoms with Gasteiger partial charge in [0.05, 0.1) is 11.3 Å². The molecule has 0 spiro atoms. The Bertz CT molecular complexity index is 481. The van der Waals surface area contributed by atoms with Gasteiger partial charge >= 0.3 is 0 Å². The Morgan fingerprint density at radius 1 is 1.10 bits per heavy atom. The minimum Gasteiger partial charge on any atom is -0.409 e. The van der Waals surface area contributed by atoms with Crippen LogP contribution in [0.2, 0.25) is 0 Å². The van der Waals surface area contributed by atoms with Crippen molar-refractivity contribution < 1.29 is 5.21 Å². The number of aromatic nitrogens is 2. The molecule has 6 heteroatoms. The summed E-state index contributed by atoms with van der Waals surface area (Å²) in [7, 11) is 0. The number of aryl methyl sites for hydroxylation is 1. The number of hydrogen-bond donors (Lipinski definition) is 2. The van der Waals surface area contributed by atoms with Gasteiger partial charge in [-0.1, -0.05) is 32.9 Å². The van der Waals surface area contributed by atoms with Gasteiger partial charge in [-0.2, -0.15) is 5.10 Å². The van der Waals surface area contributed by atoms with E-state index in [9.17, 15) is 0 Å². The first-order chi connectivity index (χ1) is 10.1. The van der Waals surface area contributed by atoms with Crippen LogP contribution in [0.15, 0.2) is 5.16 Å². The SMILES string of the molecule is CCCN(CCC)c1nnc(CC)c(CC)c1C(N)=NO. The van der Waals surface area contributed by atoms with Crippen LogP contribution in [0, 0.1) is 0 Å². The molecule has 1 aromatic heterocycles. The summed E-state index contributed by atoms with van der Waals surface area (Å²) in [6, 6.07) is 0. The zero-order valence-electron chi connectivity index (χ0n) is 13.6. The summed E-state index contributed by atoms with van der Waals surface area (Å²) < 4.78 is 0. The van der Waals surface area contributed by atoms with Gasteiger partial charge in [-0.15, -0.1) is 5.10 Å². The molecular weight excluding hydrogens is 266 g/mol. The number of nitrogens with two attached hydrogens (primary N) is 1. The first-order valence-corrected chi connectivity index (χ1v) is 7.75. The molecule has 0 radical (unpaired) electrons. The lowest BCUT2D eigenvalue weighted by Crippen LogP contribution is -2.31. The smallest absolute Gasteiger partial charge is 0.174 e. The van der Waals surface area contributed by atoms with Crippen LogP contribution in [0.4, 0.5) is 5.82 Å². The molecule has 6 nitrogen and oxygen atoms in total. The molecule has 0 saturated carbocycles. The standard InChI is InChI=1S/C15H27N5O/c1-5-9-20(10-6-2)15-13(14(16)19-21)11(7-3)12(8-4)17-18-15/h21H,5-10H2,1-4H3,(H2,16,19). The summed E-state index contributed by atoms with van der Waals surface area (Å²) >= 11 is 0. The third kappa shape index (κ3) is 3.83. The lowest BCUT2D eigenvalue weighted by atomic mass is 10.0. The molecule has 0 aliphatic carbocycles. The molecule has 0 aliphatic heterocycles. The Kier molecular flexibility index (Phi) is 6.91. The molecule has 0 unspecified atom stereocenters. The van der Waals surface area contributed by atoms with Crippen LogP contribution in [-0.4, -0.2) is 34.3 Å². The molecule has 1 aromatic rings. The molecule has 3 N–H and O–H groups in total. The summed E-state index contributed by atoms with van der Waals surface area (Å²) in [5.41, 5.74) is 8.60. The molecular formula is C15H27N5O. The van der Waals surface area contributed by atoms with Crippen LogP contribution >= 0.6 is 0 Å². The number of rotatable bonds is 8. The van der Waals surface area contributed by atoms with Crippen molar-refractivity contribution in [1.82, 2.24) is 10.2 Å². The second-order valence-electron chi connectivity index (χ2n) is 5.00. The minimum absolute atomic E-state index is 0.114. The Hall–Kier alpha value is -1.85. The van der Waals surface area contributed by atoms with Crippen LogP contribution in [0.3, 0.4) is 0 Å². The molecule has 0 saturated heterocycles. The second-order valence-corrected chi connectivity index (χ2v) is 5.00. The van der Waals surface area contributed by atoms with Crippen molar-refractivity contribution in [3.05, 3.63) is 16.8 Å². The van der Waals surface area contributed by atoms with Gasteiger partial charge < -0.3 is 15.8 Å². The quantitative estimate of drug-likeness (QED) is 0.332. The number of anilines is 1. The van der Waals surface area contributed by atoms with E-state index in [1.165, 1.54) is 0 Å². The van der Waals surface area contributed by atoms with Gasteiger partial charge in [-0.25, -0.2) is 0 Å². The zero-order valence-corrected chi connectivity index (χ0v) is 13.6. The summed E-state index contributed by atoms with van der Waals surface area (Å²) in [5, 5.41) is 21.1. The first kappa shape index (κ1) is 17.2. The topological polar surface area (TPSA) is 87.6 Å². The molecule has 0 bridgehead atoms. The van der Waals surface area contributed by atoms with Crippen molar-refractivity contribution in [2.45, 2.75) is 53.4 Å². The molecule has 1 rings (SSSR count). The largest absolute Gasteiger partial charge is 0.409 e. The Morgan fingerprint density at radius 3 is 2.14 bits per heavy atom. The fourth-order valence-corrected chi connectivity index (χ4v) is 2.57. The van der Waals surface area contributed by atoms with Gasteiger partial charge in [-0.3, -0.25) is 0 Å². The van der Waals surface area contributed by atoms with E-state index in [-0.39, 0.29) is 5.84 Å². The van der Waals surface area contributed by atoms with Crippen molar-refractivity contribution >= 4 is 11.7 Å². The molecule has 0 amide bonds. The molecule has 0 fully saturated rings. The van der Waals surface area contributed by atoms with Crippen molar-refractivity contribution in [3.8, 4) is 0 Å². The number of nitrogens with zero attached hydrogens (tertiary/aromatic N) is 4. The fraction of sp³-hybridized carbons (Fsp3) is 0.667. The van der Waals surface area contributed by atoms with Gasteiger partial charge in [0.15, 0.2) is 11.7 Å². The van der Waals surface area contributed by atoms with E-state index in [4.69, 9.17) is 10.9 Å². The lowest BCUT2D eigenvalue weighted by molar-refractivity contribution is 0.318. The third-order valence-electron chi connectivity index (χ3n) is 3.48. The van der Waals surface area contributed by atoms with Crippen molar-refractivity contribution in [3.63, 3.8) is 0 Å². The average Bonchev–Trinajstić information content (AvgIpc) is 2.52. The molecule has 0 aromatic carbocycles. The number of amidine groups is 1. The summed E-state index contributed by atoms with van der Waals surface area (Å²) in [5.74, 6) is 0.840. The number of oxime groups is 1. The zero-order chi connectivity index (χ0) is 15.8. The summed E-state index contributed by atoms with van der Waals surface area (Å²) in [4.78, 5) is 2.17. The lowest BCUT2D eigenvalue weighted by Gasteiger charge is -2.26. The monoisotopic (exact) mass is 293 g/mol. The Balaban J connectivity index is 3.49. The average molecular weight is 293 g/mol. The maximum absolute atomic E-state index is 9.13. The van der Waals surface area contributed by atoms with Crippen LogP contribution in [0.1, 0.15) is 57.4 Å². The first-order valence-electron chi connectivity index (χ1n) is 7.75. The van der Waals surface area contributed by atoms with Crippen molar-refractivity contribution in [2.24, 2.45) is 10.9 Å². The number of hydrogen-bond acceptors (Lipinski definition) is 5. The molecule has 1 heterocycles. The van der Waals surface area contributed by atoms with E-state index >= 15 is 0 Å². The van der Waals surface area contributed by atoms with Crippen LogP contribution in [0.25, 0.3) is 0 Å². The molecule has 21 heavy (non-hydrogen) atoms. The van der Waals surface area contributed by atoms with Gasteiger partial charge in [0, 0.05) is 13.1 Å². The van der Waals surface area contributed by atoms with Crippen molar-refractivity contribution in [1.29, 1.82) is 0 Å². The van der Waals surface area contributed by atoms with E-state index in [1.54, 1.807) is 0 Å². The van der Waals surface area contributed by atoms with E-state index in [2.05, 4.69) is 41.0 Å². The highest BCUT2D eigenvalue weighted by atomic mass is 16.4. The highest BCUT2D eigenvalue weighted by Crippen LogP contribution is 2.24. The van der Waals surface area contributed by atoms with E-state index < -0.39 is 0 Å². The summed E-state index contributed by atoms with van der Waals surface area (Å²) in [6.07, 6.45) is 3.58. The Morgan fingerprint density at radius 2 is 1.71 bits per heavy atom. The maximum Gasteiger partial charge on any atom is 0.174 e. The van der Waals surface area contributed by atoms with Crippen LogP contribution in [0.5, 0.6) is 0 Å². The fourth-order valence-electron chi connectivity index (χ4n) is 2.57. The van der Waals surface area contributed by atoms with Gasteiger partial charge in [0.2, 0.25) is 0 Å². The second kappa shape index (κ2) is 8.44. The predicted molar refractivity (Wildman–Crippen MR) is 86.1 cm³/mol. The third-order valence-corrected chi connectivity index (χ3v) is 3.48.